The van der Waals surface area contributed by atoms with Crippen molar-refractivity contribution in [3.05, 3.63) is 65.2 Å². The van der Waals surface area contributed by atoms with Crippen molar-refractivity contribution in [2.75, 3.05) is 5.73 Å². The number of hydrogen-bond donors (Lipinski definition) is 2. The molecular formula is C16H16F2N2O. The lowest BCUT2D eigenvalue weighted by molar-refractivity contribution is 0.0935. The molecule has 0 bridgehead atoms. The van der Waals surface area contributed by atoms with E-state index in [0.717, 1.165) is 17.7 Å². The Morgan fingerprint density at radius 3 is 2.57 bits per heavy atom. The minimum atomic E-state index is -0.902. The van der Waals surface area contributed by atoms with Crippen LogP contribution >= 0.6 is 0 Å². The van der Waals surface area contributed by atoms with Gasteiger partial charge in [0.1, 0.15) is 5.82 Å². The van der Waals surface area contributed by atoms with Gasteiger partial charge < -0.3 is 11.1 Å². The first kappa shape index (κ1) is 15.0. The first-order chi connectivity index (χ1) is 9.97. The molecule has 0 saturated heterocycles. The van der Waals surface area contributed by atoms with E-state index < -0.39 is 17.5 Å². The fourth-order valence-corrected chi connectivity index (χ4v) is 2.10. The van der Waals surface area contributed by atoms with Crippen LogP contribution in [0.4, 0.5) is 14.5 Å². The third kappa shape index (κ3) is 3.78. The molecule has 0 aliphatic heterocycles. The highest BCUT2D eigenvalue weighted by atomic mass is 19.1. The predicted octanol–water partition coefficient (Wildman–Crippen LogP) is 2.91. The zero-order valence-electron chi connectivity index (χ0n) is 11.6. The summed E-state index contributed by atoms with van der Waals surface area (Å²) in [4.78, 5) is 12.0. The number of anilines is 1. The molecule has 3 nitrogen and oxygen atoms in total. The zero-order valence-corrected chi connectivity index (χ0v) is 11.6. The molecule has 0 heterocycles. The summed E-state index contributed by atoms with van der Waals surface area (Å²) in [5.74, 6) is -2.32. The molecule has 0 radical (unpaired) electrons. The maximum Gasteiger partial charge on any atom is 0.254 e. The summed E-state index contributed by atoms with van der Waals surface area (Å²) in [6.07, 6.45) is 0.596. The van der Waals surface area contributed by atoms with Gasteiger partial charge in [-0.25, -0.2) is 8.78 Å². The summed E-state index contributed by atoms with van der Waals surface area (Å²) < 4.78 is 27.0. The SMILES string of the molecule is CC(Cc1ccccc1)NC(=O)c1cc(F)cc(N)c1F. The van der Waals surface area contributed by atoms with Gasteiger partial charge in [0.05, 0.1) is 11.3 Å². The van der Waals surface area contributed by atoms with Crippen molar-refractivity contribution in [1.29, 1.82) is 0 Å². The van der Waals surface area contributed by atoms with Crippen molar-refractivity contribution in [3.8, 4) is 0 Å². The van der Waals surface area contributed by atoms with Gasteiger partial charge in [-0.15, -0.1) is 0 Å². The minimum Gasteiger partial charge on any atom is -0.396 e. The molecule has 0 aromatic heterocycles. The van der Waals surface area contributed by atoms with E-state index in [-0.39, 0.29) is 17.3 Å². The number of carbonyl (C=O) groups excluding carboxylic acids is 1. The summed E-state index contributed by atoms with van der Waals surface area (Å²) in [6.45, 7) is 1.80. The van der Waals surface area contributed by atoms with Crippen LogP contribution in [0.1, 0.15) is 22.8 Å². The van der Waals surface area contributed by atoms with E-state index in [4.69, 9.17) is 5.73 Å². The highest BCUT2D eigenvalue weighted by molar-refractivity contribution is 5.95. The Morgan fingerprint density at radius 2 is 1.90 bits per heavy atom. The number of halogens is 2. The Morgan fingerprint density at radius 1 is 1.24 bits per heavy atom. The summed E-state index contributed by atoms with van der Waals surface area (Å²) in [6, 6.07) is 11.0. The summed E-state index contributed by atoms with van der Waals surface area (Å²) in [5.41, 5.74) is 5.60. The molecular weight excluding hydrogens is 274 g/mol. The first-order valence-corrected chi connectivity index (χ1v) is 6.56. The molecule has 0 saturated carbocycles. The fraction of sp³-hybridized carbons (Fsp3) is 0.188. The van der Waals surface area contributed by atoms with E-state index in [1.165, 1.54) is 0 Å². The topological polar surface area (TPSA) is 55.1 Å². The number of rotatable bonds is 4. The molecule has 2 aromatic carbocycles. The van der Waals surface area contributed by atoms with Gasteiger partial charge in [0.2, 0.25) is 0 Å². The van der Waals surface area contributed by atoms with Crippen LogP contribution in [0.2, 0.25) is 0 Å². The standard InChI is InChI=1S/C16H16F2N2O/c1-10(7-11-5-3-2-4-6-11)20-16(21)13-8-12(17)9-14(19)15(13)18/h2-6,8-10H,7,19H2,1H3,(H,20,21). The van der Waals surface area contributed by atoms with E-state index in [1.54, 1.807) is 6.92 Å². The average Bonchev–Trinajstić information content (AvgIpc) is 2.43. The Hall–Kier alpha value is -2.43. The number of hydrogen-bond acceptors (Lipinski definition) is 2. The highest BCUT2D eigenvalue weighted by Crippen LogP contribution is 2.17. The minimum absolute atomic E-state index is 0.219. The fourth-order valence-electron chi connectivity index (χ4n) is 2.10. The summed E-state index contributed by atoms with van der Waals surface area (Å²) in [7, 11) is 0. The second-order valence-electron chi connectivity index (χ2n) is 4.92. The summed E-state index contributed by atoms with van der Waals surface area (Å²) in [5, 5.41) is 2.64. The second kappa shape index (κ2) is 6.35. The summed E-state index contributed by atoms with van der Waals surface area (Å²) >= 11 is 0. The quantitative estimate of drug-likeness (QED) is 0.851. The largest absolute Gasteiger partial charge is 0.396 e. The van der Waals surface area contributed by atoms with Crippen molar-refractivity contribution in [2.24, 2.45) is 0 Å². The highest BCUT2D eigenvalue weighted by Gasteiger charge is 2.17. The van der Waals surface area contributed by atoms with Crippen LogP contribution in [0.5, 0.6) is 0 Å². The molecule has 2 aromatic rings. The smallest absolute Gasteiger partial charge is 0.254 e. The van der Waals surface area contributed by atoms with Crippen LogP contribution in [0.3, 0.4) is 0 Å². The van der Waals surface area contributed by atoms with Gasteiger partial charge in [0.15, 0.2) is 5.82 Å². The van der Waals surface area contributed by atoms with Crippen molar-refractivity contribution in [2.45, 2.75) is 19.4 Å². The van der Waals surface area contributed by atoms with Gasteiger partial charge in [-0.05, 0) is 31.0 Å². The molecule has 3 N–H and O–H groups in total. The average molecular weight is 290 g/mol. The molecule has 0 aliphatic carbocycles. The predicted molar refractivity (Wildman–Crippen MR) is 77.8 cm³/mol. The Kier molecular flexibility index (Phi) is 4.52. The number of amides is 1. The third-order valence-corrected chi connectivity index (χ3v) is 3.07. The molecule has 5 heteroatoms. The Labute approximate surface area is 121 Å². The number of nitrogens with two attached hydrogens (primary N) is 1. The molecule has 21 heavy (non-hydrogen) atoms. The molecule has 1 unspecified atom stereocenters. The zero-order chi connectivity index (χ0) is 15.4. The molecule has 1 amide bonds. The molecule has 0 aliphatic rings. The van der Waals surface area contributed by atoms with E-state index in [2.05, 4.69) is 5.32 Å². The molecule has 0 fully saturated rings. The van der Waals surface area contributed by atoms with Crippen LogP contribution in [-0.4, -0.2) is 11.9 Å². The number of nitrogens with one attached hydrogen (secondary N) is 1. The van der Waals surface area contributed by atoms with E-state index in [0.29, 0.717) is 6.42 Å². The normalized spacial score (nSPS) is 12.0. The Bertz CT molecular complexity index is 644. The lowest BCUT2D eigenvalue weighted by Crippen LogP contribution is -2.34. The van der Waals surface area contributed by atoms with Crippen LogP contribution in [0, 0.1) is 11.6 Å². The maximum absolute atomic E-state index is 13.8. The van der Waals surface area contributed by atoms with E-state index in [1.807, 2.05) is 30.3 Å². The third-order valence-electron chi connectivity index (χ3n) is 3.07. The number of benzene rings is 2. The molecule has 2 rings (SSSR count). The lowest BCUT2D eigenvalue weighted by Gasteiger charge is -2.15. The number of nitrogen functional groups attached to an aromatic ring is 1. The van der Waals surface area contributed by atoms with Crippen molar-refractivity contribution < 1.29 is 13.6 Å². The maximum atomic E-state index is 13.8. The van der Waals surface area contributed by atoms with Crippen LogP contribution in [0.25, 0.3) is 0 Å². The Balaban J connectivity index is 2.08. The van der Waals surface area contributed by atoms with Gasteiger partial charge in [-0.2, -0.15) is 0 Å². The van der Waals surface area contributed by atoms with E-state index in [9.17, 15) is 13.6 Å². The van der Waals surface area contributed by atoms with E-state index >= 15 is 0 Å². The van der Waals surface area contributed by atoms with Crippen molar-refractivity contribution >= 4 is 11.6 Å². The van der Waals surface area contributed by atoms with Gasteiger partial charge in [-0.3, -0.25) is 4.79 Å². The van der Waals surface area contributed by atoms with Crippen LogP contribution in [0.15, 0.2) is 42.5 Å². The second-order valence-corrected chi connectivity index (χ2v) is 4.92. The molecule has 1 atom stereocenters. The van der Waals surface area contributed by atoms with Crippen molar-refractivity contribution in [1.82, 2.24) is 5.32 Å². The first-order valence-electron chi connectivity index (χ1n) is 6.56. The van der Waals surface area contributed by atoms with Gasteiger partial charge in [0.25, 0.3) is 5.91 Å². The van der Waals surface area contributed by atoms with Gasteiger partial charge >= 0.3 is 0 Å². The van der Waals surface area contributed by atoms with Crippen molar-refractivity contribution in [3.63, 3.8) is 0 Å². The number of carbonyl (C=O) groups is 1. The van der Waals surface area contributed by atoms with Crippen LogP contribution in [-0.2, 0) is 6.42 Å². The monoisotopic (exact) mass is 290 g/mol. The van der Waals surface area contributed by atoms with Gasteiger partial charge in [0, 0.05) is 6.04 Å². The lowest BCUT2D eigenvalue weighted by atomic mass is 10.1. The van der Waals surface area contributed by atoms with Crippen LogP contribution < -0.4 is 11.1 Å². The molecule has 110 valence electrons. The molecule has 0 spiro atoms. The van der Waals surface area contributed by atoms with Gasteiger partial charge in [-0.1, -0.05) is 30.3 Å².